The van der Waals surface area contributed by atoms with Crippen LogP contribution < -0.4 is 10.1 Å². The Labute approximate surface area is 114 Å². The summed E-state index contributed by atoms with van der Waals surface area (Å²) >= 11 is 0. The molecule has 0 radical (unpaired) electrons. The predicted octanol–water partition coefficient (Wildman–Crippen LogP) is 2.01. The summed E-state index contributed by atoms with van der Waals surface area (Å²) in [4.78, 5) is 25.5. The number of amides is 1. The van der Waals surface area contributed by atoms with Crippen LogP contribution >= 0.6 is 0 Å². The van der Waals surface area contributed by atoms with E-state index in [2.05, 4.69) is 10.3 Å². The van der Waals surface area contributed by atoms with Crippen LogP contribution in [0.15, 0.2) is 48.7 Å². The van der Waals surface area contributed by atoms with Crippen molar-refractivity contribution in [3.63, 3.8) is 0 Å². The molecule has 1 heterocycles. The minimum atomic E-state index is -0.502. The van der Waals surface area contributed by atoms with Crippen LogP contribution in [0.4, 0.5) is 11.5 Å². The molecule has 1 aromatic heterocycles. The molecule has 0 aliphatic rings. The Bertz CT molecular complexity index is 599. The van der Waals surface area contributed by atoms with Crippen LogP contribution in [0.25, 0.3) is 0 Å². The zero-order valence-corrected chi connectivity index (χ0v) is 10.4. The van der Waals surface area contributed by atoms with Gasteiger partial charge in [0.05, 0.1) is 4.92 Å². The van der Waals surface area contributed by atoms with Gasteiger partial charge in [-0.1, -0.05) is 6.07 Å². The molecule has 2 aromatic rings. The molecule has 20 heavy (non-hydrogen) atoms. The first-order chi connectivity index (χ1) is 9.65. The summed E-state index contributed by atoms with van der Waals surface area (Å²) in [7, 11) is 0. The highest BCUT2D eigenvalue weighted by Crippen LogP contribution is 2.17. The number of rotatable bonds is 5. The first kappa shape index (κ1) is 13.5. The number of hydrogen-bond acceptors (Lipinski definition) is 5. The predicted molar refractivity (Wildman–Crippen MR) is 71.5 cm³/mol. The molecule has 2 rings (SSSR count). The Morgan fingerprint density at radius 2 is 2.00 bits per heavy atom. The van der Waals surface area contributed by atoms with Crippen LogP contribution in [0, 0.1) is 10.1 Å². The quantitative estimate of drug-likeness (QED) is 0.664. The molecule has 1 N–H and O–H groups in total. The molecule has 0 aliphatic carbocycles. The van der Waals surface area contributed by atoms with Gasteiger partial charge in [0.2, 0.25) is 0 Å². The van der Waals surface area contributed by atoms with Crippen molar-refractivity contribution in [2.45, 2.75) is 0 Å². The van der Waals surface area contributed by atoms with Crippen LogP contribution in [-0.2, 0) is 4.79 Å². The van der Waals surface area contributed by atoms with Gasteiger partial charge < -0.3 is 10.1 Å². The second kappa shape index (κ2) is 6.28. The van der Waals surface area contributed by atoms with Crippen molar-refractivity contribution in [3.8, 4) is 5.75 Å². The fraction of sp³-hybridized carbons (Fsp3) is 0.0769. The molecule has 0 spiro atoms. The van der Waals surface area contributed by atoms with E-state index >= 15 is 0 Å². The molecule has 7 heteroatoms. The first-order valence-corrected chi connectivity index (χ1v) is 5.73. The Morgan fingerprint density at radius 3 is 2.60 bits per heavy atom. The number of aromatic nitrogens is 1. The molecule has 0 fully saturated rings. The molecule has 102 valence electrons. The van der Waals surface area contributed by atoms with E-state index in [-0.39, 0.29) is 18.2 Å². The second-order valence-electron chi connectivity index (χ2n) is 3.80. The minimum Gasteiger partial charge on any atom is -0.484 e. The van der Waals surface area contributed by atoms with E-state index < -0.39 is 4.92 Å². The van der Waals surface area contributed by atoms with Crippen LogP contribution in [0.1, 0.15) is 0 Å². The smallest absolute Gasteiger partial charge is 0.269 e. The number of nitro benzene ring substituents is 1. The van der Waals surface area contributed by atoms with Gasteiger partial charge in [-0.15, -0.1) is 0 Å². The maximum absolute atomic E-state index is 11.6. The number of anilines is 1. The molecule has 0 saturated carbocycles. The molecule has 0 saturated heterocycles. The Hall–Kier alpha value is -2.96. The minimum absolute atomic E-state index is 0.0321. The lowest BCUT2D eigenvalue weighted by Crippen LogP contribution is -2.20. The van der Waals surface area contributed by atoms with E-state index in [1.54, 1.807) is 24.4 Å². The van der Waals surface area contributed by atoms with Gasteiger partial charge in [0, 0.05) is 18.3 Å². The summed E-state index contributed by atoms with van der Waals surface area (Å²) in [5, 5.41) is 13.0. The van der Waals surface area contributed by atoms with Crippen molar-refractivity contribution in [1.29, 1.82) is 0 Å². The molecule has 0 atom stereocenters. The van der Waals surface area contributed by atoms with Gasteiger partial charge in [-0.25, -0.2) is 4.98 Å². The lowest BCUT2D eigenvalue weighted by atomic mass is 10.3. The highest BCUT2D eigenvalue weighted by Gasteiger charge is 2.07. The third-order valence-corrected chi connectivity index (χ3v) is 2.35. The van der Waals surface area contributed by atoms with Crippen LogP contribution in [-0.4, -0.2) is 22.4 Å². The van der Waals surface area contributed by atoms with Crippen LogP contribution in [0.5, 0.6) is 5.75 Å². The normalized spacial score (nSPS) is 9.80. The zero-order chi connectivity index (χ0) is 14.4. The number of pyridine rings is 1. The van der Waals surface area contributed by atoms with Gasteiger partial charge in [-0.2, -0.15) is 0 Å². The number of nitrogens with zero attached hydrogens (tertiary/aromatic N) is 2. The molecule has 7 nitrogen and oxygen atoms in total. The maximum Gasteiger partial charge on any atom is 0.269 e. The molecule has 0 unspecified atom stereocenters. The highest BCUT2D eigenvalue weighted by atomic mass is 16.6. The zero-order valence-electron chi connectivity index (χ0n) is 10.4. The Morgan fingerprint density at radius 1 is 1.25 bits per heavy atom. The van der Waals surface area contributed by atoms with Crippen molar-refractivity contribution in [1.82, 2.24) is 4.98 Å². The summed E-state index contributed by atoms with van der Waals surface area (Å²) in [5.74, 6) is 0.457. The van der Waals surface area contributed by atoms with Gasteiger partial charge in [0.15, 0.2) is 6.61 Å². The third-order valence-electron chi connectivity index (χ3n) is 2.35. The molecular weight excluding hydrogens is 262 g/mol. The van der Waals surface area contributed by atoms with Gasteiger partial charge in [-0.3, -0.25) is 14.9 Å². The Kier molecular flexibility index (Phi) is 4.23. The standard InChI is InChI=1S/C13H11N3O4/c17-13(15-12-3-1-2-8-14-12)9-20-11-6-4-10(5-7-11)16(18)19/h1-8H,9H2,(H,14,15,17). The molecule has 1 amide bonds. The maximum atomic E-state index is 11.6. The first-order valence-electron chi connectivity index (χ1n) is 5.73. The van der Waals surface area contributed by atoms with Gasteiger partial charge in [-0.05, 0) is 24.3 Å². The number of benzene rings is 1. The van der Waals surface area contributed by atoms with Crippen LogP contribution in [0.2, 0.25) is 0 Å². The molecule has 1 aromatic carbocycles. The second-order valence-corrected chi connectivity index (χ2v) is 3.80. The molecule has 0 aliphatic heterocycles. The number of hydrogen-bond donors (Lipinski definition) is 1. The summed E-state index contributed by atoms with van der Waals surface area (Å²) in [6, 6.07) is 10.6. The van der Waals surface area contributed by atoms with E-state index in [9.17, 15) is 14.9 Å². The van der Waals surface area contributed by atoms with Crippen molar-refractivity contribution >= 4 is 17.4 Å². The lowest BCUT2D eigenvalue weighted by Gasteiger charge is -2.06. The van der Waals surface area contributed by atoms with E-state index in [0.717, 1.165) is 0 Å². The van der Waals surface area contributed by atoms with Gasteiger partial charge in [0.1, 0.15) is 11.6 Å². The lowest BCUT2D eigenvalue weighted by molar-refractivity contribution is -0.384. The van der Waals surface area contributed by atoms with E-state index in [0.29, 0.717) is 11.6 Å². The fourth-order valence-electron chi connectivity index (χ4n) is 1.43. The molecular formula is C13H11N3O4. The average Bonchev–Trinajstić information content (AvgIpc) is 2.46. The molecule has 0 bridgehead atoms. The third kappa shape index (κ3) is 3.77. The Balaban J connectivity index is 1.85. The fourth-order valence-corrected chi connectivity index (χ4v) is 1.43. The van der Waals surface area contributed by atoms with E-state index in [4.69, 9.17) is 4.74 Å². The number of non-ortho nitro benzene ring substituents is 1. The topological polar surface area (TPSA) is 94.4 Å². The summed E-state index contributed by atoms with van der Waals surface area (Å²) in [6.07, 6.45) is 1.56. The van der Waals surface area contributed by atoms with Crippen molar-refractivity contribution in [2.75, 3.05) is 11.9 Å². The summed E-state index contributed by atoms with van der Waals surface area (Å²) < 4.78 is 5.21. The largest absolute Gasteiger partial charge is 0.484 e. The summed E-state index contributed by atoms with van der Waals surface area (Å²) in [6.45, 7) is -0.200. The number of ether oxygens (including phenoxy) is 1. The SMILES string of the molecule is O=C(COc1ccc([N+](=O)[O-])cc1)Nc1ccccn1. The summed E-state index contributed by atoms with van der Waals surface area (Å²) in [5.41, 5.74) is -0.0321. The van der Waals surface area contributed by atoms with Crippen molar-refractivity contribution in [2.24, 2.45) is 0 Å². The average molecular weight is 273 g/mol. The number of carbonyl (C=O) groups excluding carboxylic acids is 1. The van der Waals surface area contributed by atoms with Crippen molar-refractivity contribution in [3.05, 3.63) is 58.8 Å². The van der Waals surface area contributed by atoms with Crippen molar-refractivity contribution < 1.29 is 14.5 Å². The van der Waals surface area contributed by atoms with Crippen LogP contribution in [0.3, 0.4) is 0 Å². The number of nitro groups is 1. The van der Waals surface area contributed by atoms with E-state index in [1.165, 1.54) is 24.3 Å². The number of nitrogens with one attached hydrogen (secondary N) is 1. The number of carbonyl (C=O) groups is 1. The van der Waals surface area contributed by atoms with Gasteiger partial charge in [0.25, 0.3) is 11.6 Å². The van der Waals surface area contributed by atoms with Gasteiger partial charge >= 0.3 is 0 Å². The van der Waals surface area contributed by atoms with E-state index in [1.807, 2.05) is 0 Å². The highest BCUT2D eigenvalue weighted by molar-refractivity contribution is 5.90. The monoisotopic (exact) mass is 273 g/mol.